The van der Waals surface area contributed by atoms with Crippen molar-refractivity contribution in [2.45, 2.75) is 51.7 Å². The molecule has 0 fully saturated rings. The maximum atomic E-state index is 13.0. The molecule has 1 aliphatic carbocycles. The number of fused-ring (bicyclic) bond motifs is 1. The number of esters is 1. The van der Waals surface area contributed by atoms with Crippen molar-refractivity contribution in [2.75, 3.05) is 12.4 Å². The van der Waals surface area contributed by atoms with Crippen LogP contribution >= 0.6 is 27.3 Å². The number of rotatable bonds is 4. The van der Waals surface area contributed by atoms with E-state index < -0.39 is 30.3 Å². The van der Waals surface area contributed by atoms with Crippen LogP contribution in [0.5, 0.6) is 0 Å². The smallest absolute Gasteiger partial charge is 0.436 e. The van der Waals surface area contributed by atoms with Crippen molar-refractivity contribution in [1.82, 2.24) is 9.78 Å². The monoisotopic (exact) mass is 493 g/mol. The fourth-order valence-corrected chi connectivity index (χ4v) is 5.11. The predicted octanol–water partition coefficient (Wildman–Crippen LogP) is 4.73. The number of carbonyl (C=O) groups is 2. The highest BCUT2D eigenvalue weighted by molar-refractivity contribution is 9.10. The van der Waals surface area contributed by atoms with Gasteiger partial charge in [-0.2, -0.15) is 18.3 Å². The Kier molecular flexibility index (Phi) is 6.37. The van der Waals surface area contributed by atoms with E-state index in [1.165, 1.54) is 25.4 Å². The minimum Gasteiger partial charge on any atom is -0.465 e. The third-order valence-electron chi connectivity index (χ3n) is 4.76. The van der Waals surface area contributed by atoms with Crippen molar-refractivity contribution in [3.63, 3.8) is 0 Å². The standard InChI is InChI=1S/C18H19BrF3N3O3S/c1-9-14(19)15(18(20,21)22)24-25(9)8-12(26)23-16-13(17(27)28-2)10-6-4-3-5-7-11(10)29-16/h3-8H2,1-2H3,(H,23,26). The molecule has 0 aromatic carbocycles. The molecule has 2 heterocycles. The van der Waals surface area contributed by atoms with E-state index in [1.807, 2.05) is 0 Å². The molecule has 0 spiro atoms. The molecule has 1 amide bonds. The number of aromatic nitrogens is 2. The molecule has 0 radical (unpaired) electrons. The molecule has 11 heteroatoms. The zero-order valence-corrected chi connectivity index (χ0v) is 18.2. The van der Waals surface area contributed by atoms with Crippen molar-refractivity contribution in [2.24, 2.45) is 0 Å². The lowest BCUT2D eigenvalue weighted by molar-refractivity contribution is -0.142. The molecule has 1 N–H and O–H groups in total. The SMILES string of the molecule is COC(=O)c1c(NC(=O)Cn2nc(C(F)(F)F)c(Br)c2C)sc2c1CCCCC2. The summed E-state index contributed by atoms with van der Waals surface area (Å²) >= 11 is 4.21. The van der Waals surface area contributed by atoms with E-state index >= 15 is 0 Å². The number of nitrogens with zero attached hydrogens (tertiary/aromatic N) is 2. The average Bonchev–Trinajstić information content (AvgIpc) is 3.01. The zero-order valence-electron chi connectivity index (χ0n) is 15.8. The summed E-state index contributed by atoms with van der Waals surface area (Å²) in [6.45, 7) is 1.02. The first-order valence-corrected chi connectivity index (χ1v) is 10.6. The molecule has 158 valence electrons. The van der Waals surface area contributed by atoms with Gasteiger partial charge in [0.25, 0.3) is 0 Å². The van der Waals surface area contributed by atoms with Gasteiger partial charge in [0.2, 0.25) is 5.91 Å². The van der Waals surface area contributed by atoms with Gasteiger partial charge in [0, 0.05) is 4.88 Å². The second-order valence-electron chi connectivity index (χ2n) is 6.71. The Balaban J connectivity index is 1.86. The Morgan fingerprint density at radius 1 is 1.28 bits per heavy atom. The van der Waals surface area contributed by atoms with Crippen LogP contribution in [0.25, 0.3) is 0 Å². The van der Waals surface area contributed by atoms with Crippen LogP contribution in [0.1, 0.15) is 51.4 Å². The minimum atomic E-state index is -4.63. The molecule has 3 rings (SSSR count). The molecule has 6 nitrogen and oxygen atoms in total. The largest absolute Gasteiger partial charge is 0.465 e. The van der Waals surface area contributed by atoms with Gasteiger partial charge in [-0.3, -0.25) is 9.48 Å². The quantitative estimate of drug-likeness (QED) is 0.493. The second kappa shape index (κ2) is 8.47. The number of methoxy groups -OCH3 is 1. The summed E-state index contributed by atoms with van der Waals surface area (Å²) in [4.78, 5) is 25.9. The Morgan fingerprint density at radius 2 is 1.97 bits per heavy atom. The van der Waals surface area contributed by atoms with Crippen molar-refractivity contribution in [3.8, 4) is 0 Å². The lowest BCUT2D eigenvalue weighted by Gasteiger charge is -2.08. The topological polar surface area (TPSA) is 73.2 Å². The van der Waals surface area contributed by atoms with Gasteiger partial charge in [-0.15, -0.1) is 11.3 Å². The molecular formula is C18H19BrF3N3O3S. The Bertz CT molecular complexity index is 953. The summed E-state index contributed by atoms with van der Waals surface area (Å²) < 4.78 is 44.7. The van der Waals surface area contributed by atoms with Crippen LogP contribution in [0.4, 0.5) is 18.2 Å². The number of amides is 1. The molecule has 0 unspecified atom stereocenters. The predicted molar refractivity (Wildman–Crippen MR) is 105 cm³/mol. The summed E-state index contributed by atoms with van der Waals surface area (Å²) in [6, 6.07) is 0. The van der Waals surface area contributed by atoms with Gasteiger partial charge in [-0.25, -0.2) is 4.79 Å². The van der Waals surface area contributed by atoms with Crippen LogP contribution in [0.2, 0.25) is 0 Å². The third kappa shape index (κ3) is 4.50. The second-order valence-corrected chi connectivity index (χ2v) is 8.61. The highest BCUT2D eigenvalue weighted by Gasteiger charge is 2.38. The number of halogens is 4. The number of aryl methyl sites for hydroxylation is 1. The molecular weight excluding hydrogens is 475 g/mol. The lowest BCUT2D eigenvalue weighted by atomic mass is 10.1. The van der Waals surface area contributed by atoms with Gasteiger partial charge in [-0.1, -0.05) is 6.42 Å². The summed E-state index contributed by atoms with van der Waals surface area (Å²) in [5, 5.41) is 6.55. The minimum absolute atomic E-state index is 0.183. The molecule has 0 bridgehead atoms. The number of alkyl halides is 3. The van der Waals surface area contributed by atoms with E-state index in [9.17, 15) is 22.8 Å². The van der Waals surface area contributed by atoms with Crippen LogP contribution in [0.15, 0.2) is 4.47 Å². The van der Waals surface area contributed by atoms with Crippen LogP contribution < -0.4 is 5.32 Å². The van der Waals surface area contributed by atoms with Gasteiger partial charge < -0.3 is 10.1 Å². The molecule has 0 saturated carbocycles. The molecule has 2 aromatic heterocycles. The number of hydrogen-bond donors (Lipinski definition) is 1. The normalized spacial score (nSPS) is 14.3. The van der Waals surface area contributed by atoms with Gasteiger partial charge in [-0.05, 0) is 54.1 Å². The highest BCUT2D eigenvalue weighted by atomic mass is 79.9. The Hall–Kier alpha value is -1.88. The third-order valence-corrected chi connectivity index (χ3v) is 6.92. The van der Waals surface area contributed by atoms with Gasteiger partial charge in [0.1, 0.15) is 11.5 Å². The Labute approximate surface area is 177 Å². The van der Waals surface area contributed by atoms with Crippen molar-refractivity contribution >= 4 is 44.1 Å². The number of ether oxygens (including phenoxy) is 1. The fraction of sp³-hybridized carbons (Fsp3) is 0.500. The number of thiophene rings is 1. The van der Waals surface area contributed by atoms with Gasteiger partial charge >= 0.3 is 12.1 Å². The summed E-state index contributed by atoms with van der Waals surface area (Å²) in [5.41, 5.74) is 0.340. The first-order chi connectivity index (χ1) is 13.6. The number of hydrogen-bond acceptors (Lipinski definition) is 5. The van der Waals surface area contributed by atoms with Crippen molar-refractivity contribution in [3.05, 3.63) is 31.9 Å². The van der Waals surface area contributed by atoms with Gasteiger partial charge in [0.15, 0.2) is 5.69 Å². The molecule has 0 saturated heterocycles. The van der Waals surface area contributed by atoms with E-state index in [1.54, 1.807) is 0 Å². The average molecular weight is 494 g/mol. The first-order valence-electron chi connectivity index (χ1n) is 8.96. The number of carbonyl (C=O) groups excluding carboxylic acids is 2. The number of anilines is 1. The summed E-state index contributed by atoms with van der Waals surface area (Å²) in [6.07, 6.45) is -0.0657. The Morgan fingerprint density at radius 3 is 2.59 bits per heavy atom. The van der Waals surface area contributed by atoms with Crippen LogP contribution in [0.3, 0.4) is 0 Å². The van der Waals surface area contributed by atoms with E-state index in [2.05, 4.69) is 26.3 Å². The maximum absolute atomic E-state index is 13.0. The lowest BCUT2D eigenvalue weighted by Crippen LogP contribution is -2.21. The fourth-order valence-electron chi connectivity index (χ4n) is 3.31. The first kappa shape index (κ1) is 21.8. The van der Waals surface area contributed by atoms with E-state index in [-0.39, 0.29) is 10.2 Å². The molecule has 2 aromatic rings. The van der Waals surface area contributed by atoms with Crippen molar-refractivity contribution < 1.29 is 27.5 Å². The van der Waals surface area contributed by atoms with E-state index in [4.69, 9.17) is 4.74 Å². The van der Waals surface area contributed by atoms with Gasteiger partial charge in [0.05, 0.1) is 22.8 Å². The maximum Gasteiger partial charge on any atom is 0.436 e. The molecule has 0 aliphatic heterocycles. The van der Waals surface area contributed by atoms with Crippen LogP contribution in [-0.2, 0) is 35.1 Å². The van der Waals surface area contributed by atoms with Crippen molar-refractivity contribution in [1.29, 1.82) is 0 Å². The highest BCUT2D eigenvalue weighted by Crippen LogP contribution is 2.38. The molecule has 29 heavy (non-hydrogen) atoms. The molecule has 1 aliphatic rings. The van der Waals surface area contributed by atoms with E-state index in [0.717, 1.165) is 47.2 Å². The summed E-state index contributed by atoms with van der Waals surface area (Å²) in [5.74, 6) is -1.10. The molecule has 0 atom stereocenters. The summed E-state index contributed by atoms with van der Waals surface area (Å²) in [7, 11) is 1.28. The van der Waals surface area contributed by atoms with Crippen LogP contribution in [0, 0.1) is 6.92 Å². The van der Waals surface area contributed by atoms with Crippen LogP contribution in [-0.4, -0.2) is 28.8 Å². The zero-order chi connectivity index (χ0) is 21.3. The van der Waals surface area contributed by atoms with E-state index in [0.29, 0.717) is 10.6 Å². The number of nitrogens with one attached hydrogen (secondary N) is 1.